The van der Waals surface area contributed by atoms with Crippen molar-refractivity contribution in [1.82, 2.24) is 9.55 Å². The van der Waals surface area contributed by atoms with Gasteiger partial charge in [-0.2, -0.15) is 0 Å². The Morgan fingerprint density at radius 2 is 1.95 bits per heavy atom. The van der Waals surface area contributed by atoms with Gasteiger partial charge in [0.1, 0.15) is 11.2 Å². The Balaban J connectivity index is 1.95. The summed E-state index contributed by atoms with van der Waals surface area (Å²) in [5.41, 5.74) is -0.760. The minimum absolute atomic E-state index is 0.0359. The highest BCUT2D eigenvalue weighted by atomic mass is 19.3. The van der Waals surface area contributed by atoms with Crippen LogP contribution < -0.4 is 0 Å². The van der Waals surface area contributed by atoms with Gasteiger partial charge in [0.15, 0.2) is 0 Å². The first-order valence-corrected chi connectivity index (χ1v) is 7.11. The van der Waals surface area contributed by atoms with E-state index in [-0.39, 0.29) is 25.7 Å². The average molecular weight is 284 g/mol. The largest absolute Gasteiger partial charge is 0.481 e. The molecule has 0 atom stereocenters. The third-order valence-corrected chi connectivity index (χ3v) is 4.64. The summed E-state index contributed by atoms with van der Waals surface area (Å²) >= 11 is 0. The predicted octanol–water partition coefficient (Wildman–Crippen LogP) is 2.75. The molecule has 3 rings (SSSR count). The Hall–Kier alpha value is -1.46. The predicted molar refractivity (Wildman–Crippen MR) is 67.9 cm³/mol. The number of carboxylic acid groups (broad SMARTS) is 1. The van der Waals surface area contributed by atoms with Crippen LogP contribution >= 0.6 is 0 Å². The van der Waals surface area contributed by atoms with Crippen LogP contribution in [0.15, 0.2) is 6.20 Å². The summed E-state index contributed by atoms with van der Waals surface area (Å²) in [6, 6.07) is 0. The zero-order chi connectivity index (χ0) is 14.4. The molecule has 1 aliphatic carbocycles. The molecule has 0 amide bonds. The van der Waals surface area contributed by atoms with Crippen LogP contribution in [0.5, 0.6) is 0 Å². The molecule has 110 valence electrons. The van der Waals surface area contributed by atoms with Crippen molar-refractivity contribution in [2.45, 2.75) is 62.8 Å². The second-order valence-corrected chi connectivity index (χ2v) is 5.94. The summed E-state index contributed by atoms with van der Waals surface area (Å²) in [7, 11) is 0. The number of aromatic nitrogens is 2. The standard InChI is InChI=1S/C14H18F2N2O2/c15-14(16)6-4-13(5-7-14,12(19)20)10-9-18-8-2-1-3-11(18)17-10/h9H,1-8H2,(H,19,20). The molecule has 1 N–H and O–H groups in total. The third kappa shape index (κ3) is 2.11. The number of halogens is 2. The van der Waals surface area contributed by atoms with E-state index in [4.69, 9.17) is 0 Å². The topological polar surface area (TPSA) is 55.1 Å². The van der Waals surface area contributed by atoms with E-state index in [1.54, 1.807) is 6.20 Å². The second kappa shape index (κ2) is 4.53. The molecular weight excluding hydrogens is 266 g/mol. The fourth-order valence-corrected chi connectivity index (χ4v) is 3.27. The van der Waals surface area contributed by atoms with Gasteiger partial charge in [0.25, 0.3) is 0 Å². The van der Waals surface area contributed by atoms with Gasteiger partial charge in [-0.3, -0.25) is 4.79 Å². The molecule has 1 aromatic rings. The van der Waals surface area contributed by atoms with E-state index in [9.17, 15) is 18.7 Å². The molecule has 4 nitrogen and oxygen atoms in total. The van der Waals surface area contributed by atoms with Crippen molar-refractivity contribution in [2.24, 2.45) is 0 Å². The van der Waals surface area contributed by atoms with Crippen LogP contribution in [0.2, 0.25) is 0 Å². The fraction of sp³-hybridized carbons (Fsp3) is 0.714. The van der Waals surface area contributed by atoms with Gasteiger partial charge in [-0.05, 0) is 25.7 Å². The van der Waals surface area contributed by atoms with Gasteiger partial charge in [0, 0.05) is 32.0 Å². The van der Waals surface area contributed by atoms with Gasteiger partial charge in [0.2, 0.25) is 5.92 Å². The lowest BCUT2D eigenvalue weighted by atomic mass is 9.71. The number of nitrogens with zero attached hydrogens (tertiary/aromatic N) is 2. The van der Waals surface area contributed by atoms with Crippen molar-refractivity contribution >= 4 is 5.97 Å². The molecule has 0 saturated heterocycles. The van der Waals surface area contributed by atoms with E-state index in [1.807, 2.05) is 4.57 Å². The maximum Gasteiger partial charge on any atom is 0.315 e. The van der Waals surface area contributed by atoms with Gasteiger partial charge in [0.05, 0.1) is 5.69 Å². The van der Waals surface area contributed by atoms with Crippen LogP contribution in [0.1, 0.15) is 50.0 Å². The molecule has 0 unspecified atom stereocenters. The molecule has 0 spiro atoms. The van der Waals surface area contributed by atoms with E-state index in [2.05, 4.69) is 4.98 Å². The fourth-order valence-electron chi connectivity index (χ4n) is 3.27. The van der Waals surface area contributed by atoms with Crippen LogP contribution in [-0.2, 0) is 23.2 Å². The van der Waals surface area contributed by atoms with Crippen molar-refractivity contribution in [3.8, 4) is 0 Å². The van der Waals surface area contributed by atoms with Gasteiger partial charge in [-0.25, -0.2) is 13.8 Å². The quantitative estimate of drug-likeness (QED) is 0.908. The first-order chi connectivity index (χ1) is 9.43. The maximum atomic E-state index is 13.3. The van der Waals surface area contributed by atoms with Crippen LogP contribution in [0.25, 0.3) is 0 Å². The number of aryl methyl sites for hydroxylation is 2. The molecule has 0 aromatic carbocycles. The highest BCUT2D eigenvalue weighted by molar-refractivity contribution is 5.80. The Morgan fingerprint density at radius 1 is 1.25 bits per heavy atom. The number of carbonyl (C=O) groups is 1. The van der Waals surface area contributed by atoms with Crippen LogP contribution in [0.3, 0.4) is 0 Å². The lowest BCUT2D eigenvalue weighted by molar-refractivity contribution is -0.149. The number of aliphatic carboxylic acids is 1. The van der Waals surface area contributed by atoms with Gasteiger partial charge < -0.3 is 9.67 Å². The van der Waals surface area contributed by atoms with Crippen molar-refractivity contribution in [2.75, 3.05) is 0 Å². The molecule has 0 bridgehead atoms. The molecule has 2 aliphatic rings. The molecule has 0 radical (unpaired) electrons. The number of carboxylic acids is 1. The number of hydrogen-bond acceptors (Lipinski definition) is 2. The van der Waals surface area contributed by atoms with Crippen molar-refractivity contribution in [3.05, 3.63) is 17.7 Å². The number of imidazole rings is 1. The van der Waals surface area contributed by atoms with Crippen LogP contribution in [-0.4, -0.2) is 26.5 Å². The van der Waals surface area contributed by atoms with Crippen LogP contribution in [0, 0.1) is 0 Å². The molecule has 6 heteroatoms. The minimum atomic E-state index is -2.74. The maximum absolute atomic E-state index is 13.3. The summed E-state index contributed by atoms with van der Waals surface area (Å²) in [5.74, 6) is -2.87. The Morgan fingerprint density at radius 3 is 2.55 bits per heavy atom. The lowest BCUT2D eigenvalue weighted by Crippen LogP contribution is -2.43. The van der Waals surface area contributed by atoms with Gasteiger partial charge in [-0.15, -0.1) is 0 Å². The highest BCUT2D eigenvalue weighted by Crippen LogP contribution is 2.45. The monoisotopic (exact) mass is 284 g/mol. The highest BCUT2D eigenvalue weighted by Gasteiger charge is 2.50. The summed E-state index contributed by atoms with van der Waals surface area (Å²) in [4.78, 5) is 16.2. The molecule has 1 aliphatic heterocycles. The van der Waals surface area contributed by atoms with Crippen LogP contribution in [0.4, 0.5) is 8.78 Å². The van der Waals surface area contributed by atoms with E-state index < -0.39 is 17.3 Å². The van der Waals surface area contributed by atoms with Crippen molar-refractivity contribution in [3.63, 3.8) is 0 Å². The molecule has 2 heterocycles. The molecule has 1 fully saturated rings. The molecule has 1 aromatic heterocycles. The smallest absolute Gasteiger partial charge is 0.315 e. The Bertz CT molecular complexity index is 506. The van der Waals surface area contributed by atoms with Gasteiger partial charge >= 0.3 is 5.97 Å². The zero-order valence-corrected chi connectivity index (χ0v) is 11.2. The molecule has 20 heavy (non-hydrogen) atoms. The van der Waals surface area contributed by atoms with E-state index in [1.165, 1.54) is 0 Å². The van der Waals surface area contributed by atoms with E-state index in [0.29, 0.717) is 5.69 Å². The Kier molecular flexibility index (Phi) is 3.06. The summed E-state index contributed by atoms with van der Waals surface area (Å²) < 4.78 is 28.7. The zero-order valence-electron chi connectivity index (χ0n) is 11.2. The molecular formula is C14H18F2N2O2. The first-order valence-electron chi connectivity index (χ1n) is 7.11. The van der Waals surface area contributed by atoms with E-state index in [0.717, 1.165) is 31.6 Å². The van der Waals surface area contributed by atoms with Crippen molar-refractivity contribution in [1.29, 1.82) is 0 Å². The number of fused-ring (bicyclic) bond motifs is 1. The summed E-state index contributed by atoms with van der Waals surface area (Å²) in [6.45, 7) is 0.841. The van der Waals surface area contributed by atoms with Crippen molar-refractivity contribution < 1.29 is 18.7 Å². The number of hydrogen-bond donors (Lipinski definition) is 1. The summed E-state index contributed by atoms with van der Waals surface area (Å²) in [5, 5.41) is 9.58. The Labute approximate surface area is 115 Å². The second-order valence-electron chi connectivity index (χ2n) is 5.94. The van der Waals surface area contributed by atoms with Gasteiger partial charge in [-0.1, -0.05) is 0 Å². The number of alkyl halides is 2. The molecule has 1 saturated carbocycles. The number of rotatable bonds is 2. The first kappa shape index (κ1) is 13.5. The summed E-state index contributed by atoms with van der Waals surface area (Å²) in [6.07, 6.45) is 3.90. The average Bonchev–Trinajstić information content (AvgIpc) is 2.82. The van der Waals surface area contributed by atoms with E-state index >= 15 is 0 Å². The lowest BCUT2D eigenvalue weighted by Gasteiger charge is -2.35. The third-order valence-electron chi connectivity index (χ3n) is 4.64. The SMILES string of the molecule is O=C(O)C1(c2cn3c(n2)CCCC3)CCC(F)(F)CC1. The normalized spacial score (nSPS) is 24.1. The minimum Gasteiger partial charge on any atom is -0.481 e.